The molecule has 1 aromatic carbocycles. The van der Waals surface area contributed by atoms with Crippen LogP contribution < -0.4 is 0 Å². The molecule has 5 nitrogen and oxygen atoms in total. The third-order valence-corrected chi connectivity index (χ3v) is 6.30. The molecular formula is C22H25N3O2S. The monoisotopic (exact) mass is 395 g/mol. The van der Waals surface area contributed by atoms with E-state index >= 15 is 0 Å². The van der Waals surface area contributed by atoms with Gasteiger partial charge in [-0.2, -0.15) is 0 Å². The van der Waals surface area contributed by atoms with Crippen LogP contribution in [0.4, 0.5) is 0 Å². The average Bonchev–Trinajstić information content (AvgIpc) is 3.29. The van der Waals surface area contributed by atoms with E-state index < -0.39 is 0 Å². The molecule has 1 fully saturated rings. The number of hydrogen-bond acceptors (Lipinski definition) is 5. The third-order valence-electron chi connectivity index (χ3n) is 5.30. The number of Topliss-reactive ketones (excluding diaryl/α,β-unsaturated/α-hetero) is 1. The van der Waals surface area contributed by atoms with Gasteiger partial charge in [0.15, 0.2) is 5.78 Å². The Bertz CT molecular complexity index is 1020. The number of ketones is 1. The molecule has 0 saturated carbocycles. The lowest BCUT2D eigenvalue weighted by Gasteiger charge is -2.14. The van der Waals surface area contributed by atoms with Crippen LogP contribution in [0.2, 0.25) is 0 Å². The maximum absolute atomic E-state index is 13.0. The molecule has 0 N–H and O–H groups in total. The van der Waals surface area contributed by atoms with Gasteiger partial charge in [0.2, 0.25) is 0 Å². The minimum absolute atomic E-state index is 0.136. The van der Waals surface area contributed by atoms with Crippen molar-refractivity contribution >= 4 is 28.4 Å². The number of nitrogens with zero attached hydrogens (tertiary/aromatic N) is 3. The maximum Gasteiger partial charge on any atom is 0.174 e. The molecule has 3 heterocycles. The van der Waals surface area contributed by atoms with Gasteiger partial charge in [0, 0.05) is 35.5 Å². The predicted molar refractivity (Wildman–Crippen MR) is 112 cm³/mol. The van der Waals surface area contributed by atoms with Crippen LogP contribution in [0, 0.1) is 20.8 Å². The van der Waals surface area contributed by atoms with E-state index in [4.69, 9.17) is 4.74 Å². The number of aromatic nitrogens is 3. The highest BCUT2D eigenvalue weighted by Crippen LogP contribution is 2.27. The van der Waals surface area contributed by atoms with Crippen molar-refractivity contribution in [3.05, 3.63) is 53.1 Å². The van der Waals surface area contributed by atoms with Gasteiger partial charge in [0.05, 0.1) is 17.4 Å². The molecule has 0 radical (unpaired) electrons. The number of hydrogen-bond donors (Lipinski definition) is 0. The lowest BCUT2D eigenvalue weighted by molar-refractivity contribution is 0.0957. The summed E-state index contributed by atoms with van der Waals surface area (Å²) in [4.78, 5) is 22.0. The first-order chi connectivity index (χ1) is 13.5. The van der Waals surface area contributed by atoms with E-state index in [1.807, 2.05) is 44.2 Å². The molecule has 0 bridgehead atoms. The number of fused-ring (bicyclic) bond motifs is 1. The van der Waals surface area contributed by atoms with Crippen LogP contribution in [0.1, 0.15) is 40.4 Å². The molecule has 146 valence electrons. The number of carbonyl (C=O) groups excluding carboxylic acids is 1. The molecule has 0 unspecified atom stereocenters. The highest BCUT2D eigenvalue weighted by molar-refractivity contribution is 8.00. The molecule has 1 atom stereocenters. The SMILES string of the molecule is Cc1nc(SCC(=O)c2cc(C)n(C[C@@H]3CCCO3)c2C)c2ccccc2n1. The summed E-state index contributed by atoms with van der Waals surface area (Å²) in [5, 5.41) is 1.86. The average molecular weight is 396 g/mol. The molecule has 4 rings (SSSR count). The van der Waals surface area contributed by atoms with Crippen LogP contribution in [0.5, 0.6) is 0 Å². The molecule has 3 aromatic rings. The standard InChI is InChI=1S/C22H25N3O2S/c1-14-11-19(15(2)25(14)12-17-7-6-10-27-17)21(26)13-28-22-18-8-4-5-9-20(18)23-16(3)24-22/h4-5,8-9,11,17H,6-7,10,12-13H2,1-3H3/t17-/m0/s1. The Labute approximate surface area is 169 Å². The van der Waals surface area contributed by atoms with Crippen LogP contribution in [0.25, 0.3) is 10.9 Å². The highest BCUT2D eigenvalue weighted by Gasteiger charge is 2.21. The first-order valence-electron chi connectivity index (χ1n) is 9.70. The van der Waals surface area contributed by atoms with Crippen molar-refractivity contribution in [2.45, 2.75) is 51.3 Å². The lowest BCUT2D eigenvalue weighted by atomic mass is 10.2. The molecule has 6 heteroatoms. The molecule has 0 spiro atoms. The Morgan fingerprint density at radius 2 is 2.07 bits per heavy atom. The van der Waals surface area contributed by atoms with Crippen LogP contribution in [-0.4, -0.2) is 38.8 Å². The van der Waals surface area contributed by atoms with Gasteiger partial charge >= 0.3 is 0 Å². The minimum Gasteiger partial charge on any atom is -0.376 e. The van der Waals surface area contributed by atoms with E-state index in [-0.39, 0.29) is 11.9 Å². The molecule has 1 aliphatic rings. The van der Waals surface area contributed by atoms with Gasteiger partial charge < -0.3 is 9.30 Å². The van der Waals surface area contributed by atoms with Crippen LogP contribution in [0.15, 0.2) is 35.4 Å². The van der Waals surface area contributed by atoms with Crippen molar-refractivity contribution in [3.63, 3.8) is 0 Å². The third kappa shape index (κ3) is 3.84. The van der Waals surface area contributed by atoms with Crippen molar-refractivity contribution < 1.29 is 9.53 Å². The van der Waals surface area contributed by atoms with Crippen molar-refractivity contribution in [3.8, 4) is 0 Å². The molecule has 0 amide bonds. The summed E-state index contributed by atoms with van der Waals surface area (Å²) in [5.74, 6) is 1.23. The number of benzene rings is 1. The maximum atomic E-state index is 13.0. The molecule has 2 aromatic heterocycles. The second kappa shape index (κ2) is 8.05. The predicted octanol–water partition coefficient (Wildman–Crippen LogP) is 4.51. The molecular weight excluding hydrogens is 370 g/mol. The van der Waals surface area contributed by atoms with E-state index in [2.05, 4.69) is 21.5 Å². The van der Waals surface area contributed by atoms with E-state index in [0.29, 0.717) is 5.75 Å². The number of ether oxygens (including phenoxy) is 1. The Hall–Kier alpha value is -2.18. The first-order valence-corrected chi connectivity index (χ1v) is 10.7. The zero-order valence-corrected chi connectivity index (χ0v) is 17.4. The topological polar surface area (TPSA) is 57.0 Å². The summed E-state index contributed by atoms with van der Waals surface area (Å²) in [6, 6.07) is 9.95. The fourth-order valence-corrected chi connectivity index (χ4v) is 4.78. The van der Waals surface area contributed by atoms with Crippen molar-refractivity contribution in [2.24, 2.45) is 0 Å². The number of carbonyl (C=O) groups is 1. The largest absolute Gasteiger partial charge is 0.376 e. The zero-order valence-electron chi connectivity index (χ0n) is 16.6. The van der Waals surface area contributed by atoms with Crippen molar-refractivity contribution in [1.82, 2.24) is 14.5 Å². The van der Waals surface area contributed by atoms with Gasteiger partial charge in [-0.15, -0.1) is 0 Å². The molecule has 28 heavy (non-hydrogen) atoms. The van der Waals surface area contributed by atoms with Gasteiger partial charge in [-0.25, -0.2) is 9.97 Å². The zero-order chi connectivity index (χ0) is 19.7. The number of aryl methyl sites for hydroxylation is 2. The van der Waals surface area contributed by atoms with E-state index in [9.17, 15) is 4.79 Å². The summed E-state index contributed by atoms with van der Waals surface area (Å²) in [5.41, 5.74) is 3.87. The van der Waals surface area contributed by atoms with Gasteiger partial charge in [-0.3, -0.25) is 4.79 Å². The second-order valence-corrected chi connectivity index (χ2v) is 8.30. The minimum atomic E-state index is 0.136. The van der Waals surface area contributed by atoms with Gasteiger partial charge in [0.25, 0.3) is 0 Å². The molecule has 1 saturated heterocycles. The number of thioether (sulfide) groups is 1. The Morgan fingerprint density at radius 1 is 1.25 bits per heavy atom. The number of rotatable bonds is 6. The van der Waals surface area contributed by atoms with Crippen LogP contribution >= 0.6 is 11.8 Å². The van der Waals surface area contributed by atoms with Crippen molar-refractivity contribution in [2.75, 3.05) is 12.4 Å². The number of para-hydroxylation sites is 1. The smallest absolute Gasteiger partial charge is 0.174 e. The summed E-state index contributed by atoms with van der Waals surface area (Å²) in [7, 11) is 0. The highest BCUT2D eigenvalue weighted by atomic mass is 32.2. The fourth-order valence-electron chi connectivity index (χ4n) is 3.84. The van der Waals surface area contributed by atoms with Gasteiger partial charge in [-0.05, 0) is 45.7 Å². The Morgan fingerprint density at radius 3 is 2.86 bits per heavy atom. The summed E-state index contributed by atoms with van der Waals surface area (Å²) < 4.78 is 7.99. The molecule has 1 aliphatic heterocycles. The second-order valence-electron chi connectivity index (χ2n) is 7.34. The van der Waals surface area contributed by atoms with E-state index in [1.165, 1.54) is 11.8 Å². The van der Waals surface area contributed by atoms with Gasteiger partial charge in [0.1, 0.15) is 10.9 Å². The summed E-state index contributed by atoms with van der Waals surface area (Å²) >= 11 is 1.49. The summed E-state index contributed by atoms with van der Waals surface area (Å²) in [6.45, 7) is 7.65. The van der Waals surface area contributed by atoms with Crippen LogP contribution in [0.3, 0.4) is 0 Å². The first kappa shape index (κ1) is 19.2. The Balaban J connectivity index is 1.52. The van der Waals surface area contributed by atoms with Crippen LogP contribution in [-0.2, 0) is 11.3 Å². The normalized spacial score (nSPS) is 16.8. The quantitative estimate of drug-likeness (QED) is 0.349. The fraction of sp³-hybridized carbons (Fsp3) is 0.409. The van der Waals surface area contributed by atoms with Gasteiger partial charge in [-0.1, -0.05) is 30.0 Å². The lowest BCUT2D eigenvalue weighted by Crippen LogP contribution is -2.17. The van der Waals surface area contributed by atoms with E-state index in [0.717, 1.165) is 64.7 Å². The van der Waals surface area contributed by atoms with Crippen molar-refractivity contribution in [1.29, 1.82) is 0 Å². The molecule has 0 aliphatic carbocycles. The Kier molecular flexibility index (Phi) is 5.51. The summed E-state index contributed by atoms with van der Waals surface area (Å²) in [6.07, 6.45) is 2.48. The van der Waals surface area contributed by atoms with E-state index in [1.54, 1.807) is 0 Å².